The molecule has 1 unspecified atom stereocenters. The maximum absolute atomic E-state index is 13.2. The highest BCUT2D eigenvalue weighted by atomic mass is 31.2. The largest absolute Gasteiger partial charge is 0.492 e. The third-order valence-corrected chi connectivity index (χ3v) is 8.22. The molecule has 0 saturated carbocycles. The van der Waals surface area contributed by atoms with Gasteiger partial charge in [-0.25, -0.2) is 4.57 Å². The van der Waals surface area contributed by atoms with E-state index in [1.54, 1.807) is 29.9 Å². The van der Waals surface area contributed by atoms with E-state index >= 15 is 0 Å². The highest BCUT2D eigenvalue weighted by molar-refractivity contribution is 7.51. The third-order valence-electron chi connectivity index (χ3n) is 6.28. The molecule has 0 amide bonds. The molecular weight excluding hydrogens is 529 g/mol. The summed E-state index contributed by atoms with van der Waals surface area (Å²) >= 11 is 0. The first-order valence-electron chi connectivity index (χ1n) is 13.7. The first-order chi connectivity index (χ1) is 20.0. The van der Waals surface area contributed by atoms with Crippen LogP contribution in [0.3, 0.4) is 0 Å². The Labute approximate surface area is 245 Å². The topological polar surface area (TPSA) is 48.0 Å². The van der Waals surface area contributed by atoms with E-state index in [0.717, 1.165) is 17.7 Å². The molecule has 0 aliphatic heterocycles. The van der Waals surface area contributed by atoms with Crippen LogP contribution in [-0.4, -0.2) is 32.0 Å². The van der Waals surface area contributed by atoms with Crippen molar-refractivity contribution in [2.75, 3.05) is 27.3 Å². The summed E-state index contributed by atoms with van der Waals surface area (Å²) in [5, 5.41) is 0. The Kier molecular flexibility index (Phi) is 12.6. The van der Waals surface area contributed by atoms with Crippen LogP contribution in [0.1, 0.15) is 37.0 Å². The van der Waals surface area contributed by atoms with Gasteiger partial charge in [-0.05, 0) is 72.5 Å². The van der Waals surface area contributed by atoms with E-state index < -0.39 is 7.75 Å². The lowest BCUT2D eigenvalue weighted by Gasteiger charge is -2.25. The number of nitrogens with zero attached hydrogens (tertiary/aromatic N) is 1. The molecule has 41 heavy (non-hydrogen) atoms. The van der Waals surface area contributed by atoms with Gasteiger partial charge in [-0.15, -0.1) is 6.58 Å². The number of para-hydroxylation sites is 1. The molecule has 5 nitrogen and oxygen atoms in total. The predicted molar refractivity (Wildman–Crippen MR) is 171 cm³/mol. The molecule has 4 aromatic carbocycles. The molecule has 6 heteroatoms. The monoisotopic (exact) mass is 569 g/mol. The third kappa shape index (κ3) is 9.06. The zero-order chi connectivity index (χ0) is 29.5. The van der Waals surface area contributed by atoms with Crippen LogP contribution in [0, 0.1) is 0 Å². The van der Waals surface area contributed by atoms with E-state index in [1.165, 1.54) is 29.4 Å². The van der Waals surface area contributed by atoms with Crippen LogP contribution < -0.4 is 9.26 Å². The molecule has 0 spiro atoms. The summed E-state index contributed by atoms with van der Waals surface area (Å²) in [6.45, 7) is 8.13. The summed E-state index contributed by atoms with van der Waals surface area (Å²) in [7, 11) is -0.399. The van der Waals surface area contributed by atoms with Gasteiger partial charge in [0.05, 0.1) is 0 Å². The second kappa shape index (κ2) is 16.4. The molecule has 0 bridgehead atoms. The molecule has 0 aliphatic rings. The Morgan fingerprint density at radius 1 is 0.780 bits per heavy atom. The highest BCUT2D eigenvalue weighted by Gasteiger charge is 2.31. The highest BCUT2D eigenvalue weighted by Crippen LogP contribution is 2.49. The van der Waals surface area contributed by atoms with Gasteiger partial charge in [0.2, 0.25) is 0 Å². The Bertz CT molecular complexity index is 1410. The molecule has 1 atom stereocenters. The molecular formula is C35H40NO4P. The number of rotatable bonds is 12. The molecule has 0 heterocycles. The Morgan fingerprint density at radius 2 is 1.27 bits per heavy atom. The molecule has 0 radical (unpaired) electrons. The summed E-state index contributed by atoms with van der Waals surface area (Å²) in [6.07, 6.45) is 2.66. The summed E-state index contributed by atoms with van der Waals surface area (Å²) in [5.41, 5.74) is 6.03. The number of ether oxygens (including phenoxy) is 1. The Morgan fingerprint density at radius 3 is 1.78 bits per heavy atom. The molecule has 0 saturated heterocycles. The fourth-order valence-electron chi connectivity index (χ4n) is 4.28. The van der Waals surface area contributed by atoms with Crippen LogP contribution in [0.4, 0.5) is 0 Å². The summed E-state index contributed by atoms with van der Waals surface area (Å²) in [6, 6.07) is 38.2. The molecule has 4 aromatic rings. The van der Waals surface area contributed by atoms with Crippen LogP contribution in [0.2, 0.25) is 0 Å². The van der Waals surface area contributed by atoms with Crippen LogP contribution in [0.25, 0.3) is 11.1 Å². The SMILES string of the molecule is C=CC.CC/C(=C(\c1ccccc1)c1ccc(OCCN(C)P(=O)(OC)Oc2ccccc2)cc1)c1ccccc1. The quantitative estimate of drug-likeness (QED) is 0.0966. The maximum Gasteiger partial charge on any atom is 0.460 e. The van der Waals surface area contributed by atoms with Gasteiger partial charge >= 0.3 is 7.75 Å². The lowest BCUT2D eigenvalue weighted by molar-refractivity contribution is 0.229. The van der Waals surface area contributed by atoms with Crippen molar-refractivity contribution in [2.24, 2.45) is 0 Å². The van der Waals surface area contributed by atoms with Gasteiger partial charge in [-0.3, -0.25) is 4.52 Å². The van der Waals surface area contributed by atoms with Crippen molar-refractivity contribution in [1.82, 2.24) is 4.67 Å². The van der Waals surface area contributed by atoms with Crippen molar-refractivity contribution in [3.8, 4) is 11.5 Å². The molecule has 0 fully saturated rings. The molecule has 0 aromatic heterocycles. The zero-order valence-corrected chi connectivity index (χ0v) is 25.3. The molecule has 4 rings (SSSR count). The van der Waals surface area contributed by atoms with Crippen LogP contribution in [0.15, 0.2) is 128 Å². The van der Waals surface area contributed by atoms with E-state index in [0.29, 0.717) is 18.9 Å². The van der Waals surface area contributed by atoms with Crippen molar-refractivity contribution in [3.05, 3.63) is 145 Å². The van der Waals surface area contributed by atoms with E-state index in [2.05, 4.69) is 74.2 Å². The minimum Gasteiger partial charge on any atom is -0.492 e. The predicted octanol–water partition coefficient (Wildman–Crippen LogP) is 9.39. The molecule has 214 valence electrons. The second-order valence-corrected chi connectivity index (χ2v) is 11.3. The zero-order valence-electron chi connectivity index (χ0n) is 24.4. The van der Waals surface area contributed by atoms with Crippen molar-refractivity contribution >= 4 is 18.9 Å². The first kappa shape index (κ1) is 31.6. The van der Waals surface area contributed by atoms with Gasteiger partial charge in [0.1, 0.15) is 18.1 Å². The van der Waals surface area contributed by atoms with Crippen molar-refractivity contribution < 1.29 is 18.3 Å². The lowest BCUT2D eigenvalue weighted by Crippen LogP contribution is -2.24. The standard InChI is InChI=1S/C32H34NO4P.C3H6/c1-4-31(26-14-8-5-9-15-26)32(27-16-10-6-11-17-27)28-20-22-29(23-21-28)36-25-24-33(2)38(34,35-3)37-30-18-12-7-13-19-30;1-3-2/h5-23H,4,24-25H2,1-3H3;3H,1H2,2H3/b32-31-;. The average Bonchev–Trinajstić information content (AvgIpc) is 3.02. The van der Waals surface area contributed by atoms with Gasteiger partial charge in [-0.2, -0.15) is 4.67 Å². The summed E-state index contributed by atoms with van der Waals surface area (Å²) in [4.78, 5) is 0. The van der Waals surface area contributed by atoms with Gasteiger partial charge in [0.15, 0.2) is 0 Å². The molecule has 0 N–H and O–H groups in total. The summed E-state index contributed by atoms with van der Waals surface area (Å²) in [5.74, 6) is 1.23. The number of allylic oxidation sites excluding steroid dienone is 2. The van der Waals surface area contributed by atoms with E-state index in [9.17, 15) is 4.57 Å². The fourth-order valence-corrected chi connectivity index (χ4v) is 5.49. The van der Waals surface area contributed by atoms with Gasteiger partial charge in [0.25, 0.3) is 0 Å². The van der Waals surface area contributed by atoms with Crippen LogP contribution in [-0.2, 0) is 9.09 Å². The number of benzene rings is 4. The maximum atomic E-state index is 13.2. The minimum absolute atomic E-state index is 0.326. The Hall–Kier alpha value is -3.89. The number of likely N-dealkylation sites (N-methyl/N-ethyl adjacent to an activating group) is 1. The fraction of sp³-hybridized carbons (Fsp3) is 0.200. The normalized spacial score (nSPS) is 12.8. The van der Waals surface area contributed by atoms with Crippen molar-refractivity contribution in [1.29, 1.82) is 0 Å². The van der Waals surface area contributed by atoms with E-state index in [-0.39, 0.29) is 0 Å². The lowest BCUT2D eigenvalue weighted by atomic mass is 9.88. The van der Waals surface area contributed by atoms with Crippen molar-refractivity contribution in [2.45, 2.75) is 20.3 Å². The average molecular weight is 570 g/mol. The van der Waals surface area contributed by atoms with Crippen molar-refractivity contribution in [3.63, 3.8) is 0 Å². The molecule has 0 aliphatic carbocycles. The van der Waals surface area contributed by atoms with E-state index in [1.807, 2.05) is 49.4 Å². The van der Waals surface area contributed by atoms with Gasteiger partial charge in [0, 0.05) is 13.7 Å². The Balaban J connectivity index is 0.00000147. The second-order valence-electron chi connectivity index (χ2n) is 9.16. The smallest absolute Gasteiger partial charge is 0.460 e. The first-order valence-corrected chi connectivity index (χ1v) is 15.2. The number of hydrogen-bond donors (Lipinski definition) is 0. The van der Waals surface area contributed by atoms with Crippen LogP contribution >= 0.6 is 7.75 Å². The van der Waals surface area contributed by atoms with Gasteiger partial charge in [-0.1, -0.05) is 104 Å². The number of hydrogen-bond acceptors (Lipinski definition) is 4. The summed E-state index contributed by atoms with van der Waals surface area (Å²) < 4.78 is 31.6. The van der Waals surface area contributed by atoms with Gasteiger partial charge < -0.3 is 9.26 Å². The van der Waals surface area contributed by atoms with E-state index in [4.69, 9.17) is 13.8 Å². The minimum atomic E-state index is -3.49. The van der Waals surface area contributed by atoms with Crippen LogP contribution in [0.5, 0.6) is 11.5 Å².